The van der Waals surface area contributed by atoms with Crippen LogP contribution in [0.15, 0.2) is 18.2 Å². The SMILES string of the molecule is CC(=O)NC(C)CC(=O)[C@H]1CC[C@H](OCc2ccc(OCC3CC3)cc2F)CC1. The minimum atomic E-state index is -0.297. The number of hydrogen-bond donors (Lipinski definition) is 1. The molecule has 0 heterocycles. The largest absolute Gasteiger partial charge is 0.493 e. The van der Waals surface area contributed by atoms with E-state index < -0.39 is 0 Å². The zero-order chi connectivity index (χ0) is 20.8. The molecule has 2 aliphatic carbocycles. The number of ether oxygens (including phenoxy) is 2. The molecule has 0 aromatic heterocycles. The Morgan fingerprint density at radius 1 is 1.17 bits per heavy atom. The number of halogens is 1. The highest BCUT2D eigenvalue weighted by Gasteiger charge is 2.27. The molecule has 0 saturated heterocycles. The molecule has 0 aliphatic heterocycles. The Balaban J connectivity index is 1.38. The maximum Gasteiger partial charge on any atom is 0.217 e. The molecule has 0 spiro atoms. The summed E-state index contributed by atoms with van der Waals surface area (Å²) in [5.74, 6) is 1.04. The number of carbonyl (C=O) groups excluding carboxylic acids is 2. The van der Waals surface area contributed by atoms with Gasteiger partial charge in [-0.1, -0.05) is 6.07 Å². The lowest BCUT2D eigenvalue weighted by atomic mass is 9.83. The minimum Gasteiger partial charge on any atom is -0.493 e. The molecule has 1 unspecified atom stereocenters. The molecule has 0 radical (unpaired) electrons. The second-order valence-corrected chi connectivity index (χ2v) is 8.56. The summed E-state index contributed by atoms with van der Waals surface area (Å²) in [6.45, 7) is 4.21. The van der Waals surface area contributed by atoms with Crippen molar-refractivity contribution in [3.63, 3.8) is 0 Å². The zero-order valence-corrected chi connectivity index (χ0v) is 17.4. The average Bonchev–Trinajstić information content (AvgIpc) is 3.50. The minimum absolute atomic E-state index is 0.0330. The molecule has 2 fully saturated rings. The Labute approximate surface area is 172 Å². The summed E-state index contributed by atoms with van der Waals surface area (Å²) in [5.41, 5.74) is 0.533. The van der Waals surface area contributed by atoms with Gasteiger partial charge in [0.25, 0.3) is 0 Å². The van der Waals surface area contributed by atoms with E-state index in [1.54, 1.807) is 12.1 Å². The molecule has 1 N–H and O–H groups in total. The lowest BCUT2D eigenvalue weighted by molar-refractivity contribution is -0.125. The van der Waals surface area contributed by atoms with E-state index in [1.807, 2.05) is 6.92 Å². The third kappa shape index (κ3) is 7.11. The van der Waals surface area contributed by atoms with Gasteiger partial charge in [-0.15, -0.1) is 0 Å². The first-order valence-corrected chi connectivity index (χ1v) is 10.7. The van der Waals surface area contributed by atoms with E-state index in [0.717, 1.165) is 25.7 Å². The monoisotopic (exact) mass is 405 g/mol. The summed E-state index contributed by atoms with van der Waals surface area (Å²) in [5, 5.41) is 2.76. The van der Waals surface area contributed by atoms with Crippen molar-refractivity contribution in [1.29, 1.82) is 0 Å². The molecule has 1 aromatic rings. The second kappa shape index (κ2) is 10.2. The highest BCUT2D eigenvalue weighted by molar-refractivity contribution is 5.82. The van der Waals surface area contributed by atoms with E-state index in [-0.39, 0.29) is 42.2 Å². The molecular formula is C23H32FNO4. The van der Waals surface area contributed by atoms with Crippen LogP contribution in [0.25, 0.3) is 0 Å². The molecule has 29 heavy (non-hydrogen) atoms. The summed E-state index contributed by atoms with van der Waals surface area (Å²) in [6.07, 6.45) is 6.00. The molecule has 160 valence electrons. The standard InChI is InChI=1S/C23H32FNO4/c1-15(25-16(2)26)11-23(27)18-5-8-20(9-6-18)29-14-19-7-10-21(12-22(19)24)28-13-17-3-4-17/h7,10,12,15,17-18,20H,3-6,8-9,11,13-14H2,1-2H3,(H,25,26)/t15?,18-,20-. The van der Waals surface area contributed by atoms with Gasteiger partial charge in [-0.2, -0.15) is 0 Å². The Hall–Kier alpha value is -1.95. The molecule has 1 atom stereocenters. The summed E-state index contributed by atoms with van der Waals surface area (Å²) in [6, 6.07) is 4.84. The normalized spacial score (nSPS) is 22.7. The fourth-order valence-electron chi connectivity index (χ4n) is 3.86. The van der Waals surface area contributed by atoms with Gasteiger partial charge in [-0.25, -0.2) is 4.39 Å². The van der Waals surface area contributed by atoms with Gasteiger partial charge >= 0.3 is 0 Å². The summed E-state index contributed by atoms with van der Waals surface area (Å²) in [4.78, 5) is 23.5. The van der Waals surface area contributed by atoms with Crippen LogP contribution < -0.4 is 10.1 Å². The predicted molar refractivity (Wildman–Crippen MR) is 108 cm³/mol. The maximum atomic E-state index is 14.3. The van der Waals surface area contributed by atoms with Crippen LogP contribution in [0.2, 0.25) is 0 Å². The first-order valence-electron chi connectivity index (χ1n) is 10.7. The first-order chi connectivity index (χ1) is 13.9. The summed E-state index contributed by atoms with van der Waals surface area (Å²) in [7, 11) is 0. The highest BCUT2D eigenvalue weighted by atomic mass is 19.1. The number of amides is 1. The molecule has 3 rings (SSSR count). The van der Waals surface area contributed by atoms with Crippen molar-refractivity contribution in [1.82, 2.24) is 5.32 Å². The van der Waals surface area contributed by atoms with Crippen LogP contribution in [0, 0.1) is 17.7 Å². The smallest absolute Gasteiger partial charge is 0.217 e. The van der Waals surface area contributed by atoms with E-state index in [4.69, 9.17) is 9.47 Å². The van der Waals surface area contributed by atoms with Gasteiger partial charge in [0.1, 0.15) is 17.3 Å². The number of hydrogen-bond acceptors (Lipinski definition) is 4. The molecule has 1 aromatic carbocycles. The van der Waals surface area contributed by atoms with E-state index in [2.05, 4.69) is 5.32 Å². The van der Waals surface area contributed by atoms with Crippen LogP contribution in [0.1, 0.15) is 64.4 Å². The summed E-state index contributed by atoms with van der Waals surface area (Å²) < 4.78 is 25.8. The van der Waals surface area contributed by atoms with E-state index in [9.17, 15) is 14.0 Å². The van der Waals surface area contributed by atoms with E-state index in [1.165, 1.54) is 25.8 Å². The Morgan fingerprint density at radius 3 is 2.52 bits per heavy atom. The molecule has 2 saturated carbocycles. The van der Waals surface area contributed by atoms with Crippen LogP contribution >= 0.6 is 0 Å². The first kappa shape index (κ1) is 21.8. The van der Waals surface area contributed by atoms with Gasteiger partial charge in [0.2, 0.25) is 5.91 Å². The van der Waals surface area contributed by atoms with Gasteiger partial charge in [0, 0.05) is 36.9 Å². The van der Waals surface area contributed by atoms with Crippen molar-refractivity contribution in [2.75, 3.05) is 6.61 Å². The summed E-state index contributed by atoms with van der Waals surface area (Å²) >= 11 is 0. The predicted octanol–water partition coefficient (Wildman–Crippen LogP) is 4.17. The van der Waals surface area contributed by atoms with Crippen molar-refractivity contribution in [3.8, 4) is 5.75 Å². The molecule has 0 bridgehead atoms. The van der Waals surface area contributed by atoms with Crippen LogP contribution in [0.5, 0.6) is 5.75 Å². The van der Waals surface area contributed by atoms with Crippen molar-refractivity contribution in [3.05, 3.63) is 29.6 Å². The van der Waals surface area contributed by atoms with Crippen LogP contribution in [-0.4, -0.2) is 30.4 Å². The number of carbonyl (C=O) groups is 2. The van der Waals surface area contributed by atoms with Gasteiger partial charge in [0.05, 0.1) is 19.3 Å². The molecule has 1 amide bonds. The van der Waals surface area contributed by atoms with Gasteiger partial charge in [0.15, 0.2) is 0 Å². The Bertz CT molecular complexity index is 711. The van der Waals surface area contributed by atoms with Gasteiger partial charge in [-0.3, -0.25) is 9.59 Å². The van der Waals surface area contributed by atoms with Crippen molar-refractivity contribution in [2.45, 2.75) is 77.5 Å². The van der Waals surface area contributed by atoms with Crippen molar-refractivity contribution < 1.29 is 23.5 Å². The fraction of sp³-hybridized carbons (Fsp3) is 0.652. The second-order valence-electron chi connectivity index (χ2n) is 8.56. The number of ketones is 1. The lowest BCUT2D eigenvalue weighted by Gasteiger charge is -2.28. The maximum absolute atomic E-state index is 14.3. The third-order valence-corrected chi connectivity index (χ3v) is 5.77. The quantitative estimate of drug-likeness (QED) is 0.634. The number of benzene rings is 1. The van der Waals surface area contributed by atoms with Crippen molar-refractivity contribution in [2.24, 2.45) is 11.8 Å². The van der Waals surface area contributed by atoms with Crippen molar-refractivity contribution >= 4 is 11.7 Å². The third-order valence-electron chi connectivity index (χ3n) is 5.77. The van der Waals surface area contributed by atoms with E-state index >= 15 is 0 Å². The lowest BCUT2D eigenvalue weighted by Crippen LogP contribution is -2.35. The number of Topliss-reactive ketones (excluding diaryl/α,β-unsaturated/α-hetero) is 1. The molecular weight excluding hydrogens is 373 g/mol. The zero-order valence-electron chi connectivity index (χ0n) is 17.4. The Kier molecular flexibility index (Phi) is 7.64. The fourth-order valence-corrected chi connectivity index (χ4v) is 3.86. The number of rotatable bonds is 10. The van der Waals surface area contributed by atoms with Crippen LogP contribution in [0.4, 0.5) is 4.39 Å². The molecule has 5 nitrogen and oxygen atoms in total. The van der Waals surface area contributed by atoms with Gasteiger partial charge in [-0.05, 0) is 57.4 Å². The molecule has 6 heteroatoms. The van der Waals surface area contributed by atoms with Crippen LogP contribution in [0.3, 0.4) is 0 Å². The number of nitrogens with one attached hydrogen (secondary N) is 1. The Morgan fingerprint density at radius 2 is 1.90 bits per heavy atom. The average molecular weight is 406 g/mol. The van der Waals surface area contributed by atoms with Gasteiger partial charge < -0.3 is 14.8 Å². The van der Waals surface area contributed by atoms with E-state index in [0.29, 0.717) is 30.3 Å². The van der Waals surface area contributed by atoms with Crippen LogP contribution in [-0.2, 0) is 20.9 Å². The molecule has 2 aliphatic rings. The topological polar surface area (TPSA) is 64.6 Å². The highest BCUT2D eigenvalue weighted by Crippen LogP contribution is 2.31.